The maximum Gasteiger partial charge on any atom is 0.277 e. The van der Waals surface area contributed by atoms with Crippen LogP contribution in [0, 0.1) is 26.6 Å². The van der Waals surface area contributed by atoms with Crippen LogP contribution in [0.3, 0.4) is 0 Å². The number of nitrogens with one attached hydrogen (secondary N) is 1. The van der Waals surface area contributed by atoms with Crippen molar-refractivity contribution in [3.8, 4) is 11.3 Å². The summed E-state index contributed by atoms with van der Waals surface area (Å²) in [5.41, 5.74) is 4.19. The van der Waals surface area contributed by atoms with E-state index >= 15 is 0 Å². The number of amides is 1. The molecule has 0 unspecified atom stereocenters. The Morgan fingerprint density at radius 3 is 2.62 bits per heavy atom. The van der Waals surface area contributed by atoms with Crippen LogP contribution in [0.1, 0.15) is 27.2 Å². The Hall–Kier alpha value is -2.95. The molecule has 0 atom stereocenters. The molecule has 0 bridgehead atoms. The van der Waals surface area contributed by atoms with Crippen LogP contribution in [0.5, 0.6) is 0 Å². The van der Waals surface area contributed by atoms with E-state index in [0.29, 0.717) is 16.9 Å². The van der Waals surface area contributed by atoms with Crippen molar-refractivity contribution in [3.05, 3.63) is 70.7 Å². The molecule has 3 rings (SSSR count). The number of rotatable bonds is 3. The summed E-state index contributed by atoms with van der Waals surface area (Å²) in [6.07, 6.45) is 0. The first-order valence-corrected chi connectivity index (χ1v) is 7.56. The Labute approximate surface area is 139 Å². The first-order valence-electron chi connectivity index (χ1n) is 7.56. The lowest BCUT2D eigenvalue weighted by Crippen LogP contribution is -2.13. The molecule has 0 aliphatic rings. The first kappa shape index (κ1) is 15.9. The second kappa shape index (κ2) is 6.28. The summed E-state index contributed by atoms with van der Waals surface area (Å²) in [5.74, 6) is -0.215. The predicted molar refractivity (Wildman–Crippen MR) is 90.5 cm³/mol. The molecule has 3 aromatic rings. The van der Waals surface area contributed by atoms with Gasteiger partial charge in [0, 0.05) is 17.3 Å². The number of benzene rings is 2. The van der Waals surface area contributed by atoms with Gasteiger partial charge in [-0.3, -0.25) is 4.79 Å². The zero-order chi connectivity index (χ0) is 17.3. The summed E-state index contributed by atoms with van der Waals surface area (Å²) < 4.78 is 18.6. The normalized spacial score (nSPS) is 10.7. The van der Waals surface area contributed by atoms with Crippen molar-refractivity contribution < 1.29 is 13.7 Å². The molecule has 1 heterocycles. The first-order chi connectivity index (χ1) is 11.5. The number of hydrogen-bond donors (Lipinski definition) is 1. The smallest absolute Gasteiger partial charge is 0.277 e. The van der Waals surface area contributed by atoms with Gasteiger partial charge in [-0.2, -0.15) is 0 Å². The summed E-state index contributed by atoms with van der Waals surface area (Å²) in [4.78, 5) is 12.3. The number of aryl methyl sites for hydroxylation is 2. The summed E-state index contributed by atoms with van der Waals surface area (Å²) in [7, 11) is 0. The second-order valence-corrected chi connectivity index (χ2v) is 5.74. The summed E-state index contributed by atoms with van der Waals surface area (Å²) in [5, 5.41) is 6.64. The third-order valence-electron chi connectivity index (χ3n) is 4.04. The molecule has 5 heteroatoms. The third kappa shape index (κ3) is 3.06. The number of halogens is 1. The fourth-order valence-electron chi connectivity index (χ4n) is 2.39. The molecular formula is C19H17FN2O2. The van der Waals surface area contributed by atoms with Crippen molar-refractivity contribution in [3.63, 3.8) is 0 Å². The second-order valence-electron chi connectivity index (χ2n) is 5.74. The fraction of sp³-hybridized carbons (Fsp3) is 0.158. The standard InChI is InChI=1S/C19H17FN2O2/c1-11-5-4-6-16(13(11)3)21-19(23)17-10-18(24-22-17)14-7-8-15(20)12(2)9-14/h4-10H,1-3H3,(H,21,23). The van der Waals surface area contributed by atoms with E-state index < -0.39 is 0 Å². The Morgan fingerprint density at radius 2 is 1.88 bits per heavy atom. The Morgan fingerprint density at radius 1 is 1.08 bits per heavy atom. The summed E-state index contributed by atoms with van der Waals surface area (Å²) >= 11 is 0. The van der Waals surface area contributed by atoms with Crippen molar-refractivity contribution in [1.29, 1.82) is 0 Å². The zero-order valence-electron chi connectivity index (χ0n) is 13.7. The van der Waals surface area contributed by atoms with Crippen LogP contribution >= 0.6 is 0 Å². The summed E-state index contributed by atoms with van der Waals surface area (Å²) in [6.45, 7) is 5.60. The van der Waals surface area contributed by atoms with Crippen molar-refractivity contribution in [2.75, 3.05) is 5.32 Å². The molecule has 1 amide bonds. The number of aromatic nitrogens is 1. The molecule has 0 fully saturated rings. The van der Waals surface area contributed by atoms with Gasteiger partial charge in [0.25, 0.3) is 5.91 Å². The van der Waals surface area contributed by atoms with Crippen LogP contribution in [0.25, 0.3) is 11.3 Å². The molecule has 1 aromatic heterocycles. The van der Waals surface area contributed by atoms with E-state index in [2.05, 4.69) is 10.5 Å². The molecule has 0 saturated carbocycles. The maximum absolute atomic E-state index is 13.4. The number of nitrogens with zero attached hydrogens (tertiary/aromatic N) is 1. The third-order valence-corrected chi connectivity index (χ3v) is 4.04. The van der Waals surface area contributed by atoms with Crippen LogP contribution in [0.15, 0.2) is 47.0 Å². The van der Waals surface area contributed by atoms with E-state index in [1.54, 1.807) is 25.1 Å². The molecular weight excluding hydrogens is 307 g/mol. The van der Waals surface area contributed by atoms with Gasteiger partial charge in [-0.05, 0) is 61.7 Å². The number of carbonyl (C=O) groups excluding carboxylic acids is 1. The minimum absolute atomic E-state index is 0.174. The topological polar surface area (TPSA) is 55.1 Å². The minimum Gasteiger partial charge on any atom is -0.355 e. The molecule has 122 valence electrons. The fourth-order valence-corrected chi connectivity index (χ4v) is 2.39. The molecule has 1 N–H and O–H groups in total. The molecule has 0 aliphatic carbocycles. The predicted octanol–water partition coefficient (Wildman–Crippen LogP) is 4.66. The minimum atomic E-state index is -0.350. The van der Waals surface area contributed by atoms with Crippen molar-refractivity contribution in [2.45, 2.75) is 20.8 Å². The molecule has 2 aromatic carbocycles. The number of anilines is 1. The summed E-state index contributed by atoms with van der Waals surface area (Å²) in [6, 6.07) is 11.9. The van der Waals surface area contributed by atoms with Gasteiger partial charge < -0.3 is 9.84 Å². The number of carbonyl (C=O) groups is 1. The lowest BCUT2D eigenvalue weighted by Gasteiger charge is -2.08. The molecule has 0 aliphatic heterocycles. The van der Waals surface area contributed by atoms with Crippen molar-refractivity contribution in [2.24, 2.45) is 0 Å². The SMILES string of the molecule is Cc1cc(-c2cc(C(=O)Nc3cccc(C)c3C)no2)ccc1F. The van der Waals surface area contributed by atoms with Gasteiger partial charge in [-0.15, -0.1) is 0 Å². The zero-order valence-corrected chi connectivity index (χ0v) is 13.7. The lowest BCUT2D eigenvalue weighted by molar-refractivity contribution is 0.101. The number of hydrogen-bond acceptors (Lipinski definition) is 3. The highest BCUT2D eigenvalue weighted by molar-refractivity contribution is 6.03. The highest BCUT2D eigenvalue weighted by atomic mass is 19.1. The van der Waals surface area contributed by atoms with Gasteiger partial charge in [-0.1, -0.05) is 17.3 Å². The highest BCUT2D eigenvalue weighted by Gasteiger charge is 2.15. The average Bonchev–Trinajstić information content (AvgIpc) is 3.04. The van der Waals surface area contributed by atoms with Crippen LogP contribution in [-0.2, 0) is 0 Å². The van der Waals surface area contributed by atoms with Crippen LogP contribution in [0.2, 0.25) is 0 Å². The van der Waals surface area contributed by atoms with Crippen molar-refractivity contribution >= 4 is 11.6 Å². The van der Waals surface area contributed by atoms with Gasteiger partial charge in [-0.25, -0.2) is 4.39 Å². The molecule has 0 radical (unpaired) electrons. The van der Waals surface area contributed by atoms with Gasteiger partial charge in [0.05, 0.1) is 0 Å². The van der Waals surface area contributed by atoms with Gasteiger partial charge in [0.2, 0.25) is 0 Å². The van der Waals surface area contributed by atoms with E-state index in [0.717, 1.165) is 16.8 Å². The Kier molecular flexibility index (Phi) is 4.16. The quantitative estimate of drug-likeness (QED) is 0.762. The molecule has 4 nitrogen and oxygen atoms in total. The van der Waals surface area contributed by atoms with E-state index in [9.17, 15) is 9.18 Å². The van der Waals surface area contributed by atoms with Gasteiger partial charge in [0.1, 0.15) is 5.82 Å². The van der Waals surface area contributed by atoms with Crippen molar-refractivity contribution in [1.82, 2.24) is 5.16 Å². The highest BCUT2D eigenvalue weighted by Crippen LogP contribution is 2.24. The lowest BCUT2D eigenvalue weighted by atomic mass is 10.1. The van der Waals surface area contributed by atoms with E-state index in [1.807, 2.05) is 32.0 Å². The Bertz CT molecular complexity index is 915. The largest absolute Gasteiger partial charge is 0.355 e. The molecule has 0 spiro atoms. The van der Waals surface area contributed by atoms with Gasteiger partial charge >= 0.3 is 0 Å². The van der Waals surface area contributed by atoms with Crippen LogP contribution in [-0.4, -0.2) is 11.1 Å². The van der Waals surface area contributed by atoms with Crippen LogP contribution in [0.4, 0.5) is 10.1 Å². The molecule has 0 saturated heterocycles. The molecule has 24 heavy (non-hydrogen) atoms. The van der Waals surface area contributed by atoms with E-state index in [1.165, 1.54) is 6.07 Å². The van der Waals surface area contributed by atoms with E-state index in [4.69, 9.17) is 4.52 Å². The average molecular weight is 324 g/mol. The van der Waals surface area contributed by atoms with Gasteiger partial charge in [0.15, 0.2) is 11.5 Å². The van der Waals surface area contributed by atoms with Crippen LogP contribution < -0.4 is 5.32 Å². The maximum atomic E-state index is 13.4. The van der Waals surface area contributed by atoms with E-state index in [-0.39, 0.29) is 17.4 Å². The monoisotopic (exact) mass is 324 g/mol. The Balaban J connectivity index is 1.83.